The van der Waals surface area contributed by atoms with E-state index in [2.05, 4.69) is 4.99 Å². The van der Waals surface area contributed by atoms with Crippen molar-refractivity contribution in [1.82, 2.24) is 0 Å². The highest BCUT2D eigenvalue weighted by atomic mass is 32.2. The lowest BCUT2D eigenvalue weighted by Gasteiger charge is -1.87. The molecule has 0 aromatic heterocycles. The van der Waals surface area contributed by atoms with Gasteiger partial charge in [-0.2, -0.15) is 0 Å². The van der Waals surface area contributed by atoms with E-state index in [-0.39, 0.29) is 11.2 Å². The summed E-state index contributed by atoms with van der Waals surface area (Å²) in [7, 11) is 0. The van der Waals surface area contributed by atoms with Crippen LogP contribution in [0.25, 0.3) is 0 Å². The summed E-state index contributed by atoms with van der Waals surface area (Å²) in [5.41, 5.74) is 1.59. The molecule has 1 heterocycles. The van der Waals surface area contributed by atoms with Gasteiger partial charge in [0.2, 0.25) is 5.12 Å². The van der Waals surface area contributed by atoms with Crippen LogP contribution in [0.2, 0.25) is 0 Å². The summed E-state index contributed by atoms with van der Waals surface area (Å²) < 4.78 is 0. The zero-order valence-corrected chi connectivity index (χ0v) is 4.73. The molecule has 0 saturated carbocycles. The standard InChI is InChI=1S/C4H5NOS/c1-3-4(6)7-2-5-3/h2-3H,1H3. The van der Waals surface area contributed by atoms with Crippen molar-refractivity contribution < 1.29 is 4.79 Å². The van der Waals surface area contributed by atoms with Gasteiger partial charge in [-0.3, -0.25) is 9.79 Å². The van der Waals surface area contributed by atoms with Crippen molar-refractivity contribution in [3.8, 4) is 0 Å². The summed E-state index contributed by atoms with van der Waals surface area (Å²) in [4.78, 5) is 14.2. The Morgan fingerprint density at radius 2 is 2.71 bits per heavy atom. The second-order valence-electron chi connectivity index (χ2n) is 1.37. The monoisotopic (exact) mass is 115 g/mol. The van der Waals surface area contributed by atoms with Crippen LogP contribution in [0.15, 0.2) is 4.99 Å². The van der Waals surface area contributed by atoms with Crippen molar-refractivity contribution in [2.24, 2.45) is 4.99 Å². The lowest BCUT2D eigenvalue weighted by Crippen LogP contribution is -2.02. The predicted molar refractivity (Wildman–Crippen MR) is 30.6 cm³/mol. The number of thioether (sulfide) groups is 1. The third kappa shape index (κ3) is 0.825. The van der Waals surface area contributed by atoms with Gasteiger partial charge in [0, 0.05) is 0 Å². The Kier molecular flexibility index (Phi) is 1.15. The van der Waals surface area contributed by atoms with Gasteiger partial charge in [-0.15, -0.1) is 0 Å². The molecule has 1 unspecified atom stereocenters. The number of carbonyl (C=O) groups excluding carboxylic acids is 1. The van der Waals surface area contributed by atoms with E-state index in [0.717, 1.165) is 0 Å². The molecule has 0 radical (unpaired) electrons. The molecule has 1 atom stereocenters. The molecule has 1 aliphatic heterocycles. The maximum atomic E-state index is 10.4. The molecule has 0 spiro atoms. The van der Waals surface area contributed by atoms with Crippen LogP contribution < -0.4 is 0 Å². The Labute approximate surface area is 46.0 Å². The number of aliphatic imine (C=N–C) groups is 1. The number of hydrogen-bond acceptors (Lipinski definition) is 3. The van der Waals surface area contributed by atoms with Gasteiger partial charge < -0.3 is 0 Å². The van der Waals surface area contributed by atoms with E-state index in [0.29, 0.717) is 0 Å². The van der Waals surface area contributed by atoms with Crippen LogP contribution in [0.5, 0.6) is 0 Å². The Hall–Kier alpha value is -0.310. The molecule has 0 aliphatic carbocycles. The Morgan fingerprint density at radius 1 is 2.00 bits per heavy atom. The number of carbonyl (C=O) groups is 1. The van der Waals surface area contributed by atoms with Crippen LogP contribution in [0.1, 0.15) is 6.92 Å². The first-order valence-electron chi connectivity index (χ1n) is 2.03. The van der Waals surface area contributed by atoms with Gasteiger partial charge in [0.15, 0.2) is 0 Å². The Morgan fingerprint density at radius 3 is 2.86 bits per heavy atom. The number of rotatable bonds is 0. The van der Waals surface area contributed by atoms with Crippen molar-refractivity contribution in [2.45, 2.75) is 13.0 Å². The summed E-state index contributed by atoms with van der Waals surface area (Å²) >= 11 is 1.17. The van der Waals surface area contributed by atoms with E-state index in [4.69, 9.17) is 0 Å². The minimum Gasteiger partial charge on any atom is -0.284 e. The van der Waals surface area contributed by atoms with Crippen molar-refractivity contribution in [1.29, 1.82) is 0 Å². The lowest BCUT2D eigenvalue weighted by molar-refractivity contribution is -0.111. The fourth-order valence-electron chi connectivity index (χ4n) is 0.333. The van der Waals surface area contributed by atoms with Gasteiger partial charge in [-0.25, -0.2) is 0 Å². The molecule has 1 rings (SSSR count). The van der Waals surface area contributed by atoms with Crippen molar-refractivity contribution >= 4 is 22.4 Å². The molecule has 3 heteroatoms. The van der Waals surface area contributed by atoms with Crippen LogP contribution in [0.3, 0.4) is 0 Å². The molecule has 0 N–H and O–H groups in total. The summed E-state index contributed by atoms with van der Waals surface area (Å²) in [6.45, 7) is 1.79. The molecular weight excluding hydrogens is 110 g/mol. The van der Waals surface area contributed by atoms with Gasteiger partial charge in [0.25, 0.3) is 0 Å². The van der Waals surface area contributed by atoms with Crippen LogP contribution in [-0.4, -0.2) is 16.7 Å². The number of nitrogens with zero attached hydrogens (tertiary/aromatic N) is 1. The average molecular weight is 115 g/mol. The predicted octanol–water partition coefficient (Wildman–Crippen LogP) is 0.677. The molecule has 0 saturated heterocycles. The van der Waals surface area contributed by atoms with E-state index in [1.165, 1.54) is 11.8 Å². The topological polar surface area (TPSA) is 29.4 Å². The lowest BCUT2D eigenvalue weighted by atomic mass is 10.4. The highest BCUT2D eigenvalue weighted by Gasteiger charge is 2.14. The van der Waals surface area contributed by atoms with Gasteiger partial charge in [0.05, 0.1) is 5.55 Å². The van der Waals surface area contributed by atoms with Crippen LogP contribution in [-0.2, 0) is 4.79 Å². The van der Waals surface area contributed by atoms with Crippen molar-refractivity contribution in [2.75, 3.05) is 0 Å². The van der Waals surface area contributed by atoms with Gasteiger partial charge >= 0.3 is 0 Å². The second kappa shape index (κ2) is 1.66. The van der Waals surface area contributed by atoms with E-state index in [1.807, 2.05) is 0 Å². The second-order valence-corrected chi connectivity index (χ2v) is 2.22. The van der Waals surface area contributed by atoms with Gasteiger partial charge in [-0.05, 0) is 18.7 Å². The first kappa shape index (κ1) is 4.84. The molecule has 7 heavy (non-hydrogen) atoms. The highest BCUT2D eigenvalue weighted by molar-refractivity contribution is 8.25. The van der Waals surface area contributed by atoms with Crippen molar-refractivity contribution in [3.05, 3.63) is 0 Å². The summed E-state index contributed by atoms with van der Waals surface area (Å²) in [5.74, 6) is 0. The zero-order chi connectivity index (χ0) is 5.28. The first-order valence-corrected chi connectivity index (χ1v) is 2.91. The average Bonchev–Trinajstić information content (AvgIpc) is 1.91. The molecule has 2 nitrogen and oxygen atoms in total. The third-order valence-corrected chi connectivity index (χ3v) is 1.59. The van der Waals surface area contributed by atoms with E-state index in [9.17, 15) is 4.79 Å². The summed E-state index contributed by atoms with van der Waals surface area (Å²) in [5, 5.41) is 0.153. The molecule has 0 amide bonds. The highest BCUT2D eigenvalue weighted by Crippen LogP contribution is 2.11. The molecule has 1 aliphatic rings. The van der Waals surface area contributed by atoms with E-state index in [1.54, 1.807) is 12.5 Å². The minimum atomic E-state index is -0.0926. The maximum Gasteiger partial charge on any atom is 0.218 e. The van der Waals surface area contributed by atoms with Crippen LogP contribution in [0.4, 0.5) is 0 Å². The van der Waals surface area contributed by atoms with Gasteiger partial charge in [-0.1, -0.05) is 0 Å². The third-order valence-electron chi connectivity index (χ3n) is 0.794. The molecule has 38 valence electrons. The molecule has 0 bridgehead atoms. The molecule has 0 fully saturated rings. The van der Waals surface area contributed by atoms with Crippen LogP contribution >= 0.6 is 11.8 Å². The van der Waals surface area contributed by atoms with Gasteiger partial charge in [0.1, 0.15) is 6.04 Å². The molecule has 0 aromatic rings. The molecular formula is C4H5NOS. The normalized spacial score (nSPS) is 29.3. The van der Waals surface area contributed by atoms with Crippen LogP contribution in [0, 0.1) is 0 Å². The maximum absolute atomic E-state index is 10.4. The minimum absolute atomic E-state index is 0.0926. The summed E-state index contributed by atoms with van der Waals surface area (Å²) in [6.07, 6.45) is 0. The largest absolute Gasteiger partial charge is 0.284 e. The fourth-order valence-corrected chi connectivity index (χ4v) is 0.938. The number of hydrogen-bond donors (Lipinski definition) is 0. The quantitative estimate of drug-likeness (QED) is 0.464. The summed E-state index contributed by atoms with van der Waals surface area (Å²) in [6, 6.07) is -0.0926. The van der Waals surface area contributed by atoms with E-state index >= 15 is 0 Å². The van der Waals surface area contributed by atoms with E-state index < -0.39 is 0 Å². The molecule has 0 aromatic carbocycles. The first-order chi connectivity index (χ1) is 3.30. The van der Waals surface area contributed by atoms with Crippen molar-refractivity contribution in [3.63, 3.8) is 0 Å². The smallest absolute Gasteiger partial charge is 0.218 e. The Balaban J connectivity index is 2.62. The SMILES string of the molecule is CC1N=CSC1=O. The Bertz CT molecular complexity index is 121. The fraction of sp³-hybridized carbons (Fsp3) is 0.500. The zero-order valence-electron chi connectivity index (χ0n) is 3.92.